The number of hydrogen-bond donors (Lipinski definition) is 1. The second-order valence-electron chi connectivity index (χ2n) is 4.39. The topological polar surface area (TPSA) is 60.9 Å². The van der Waals surface area contributed by atoms with Crippen LogP contribution in [0.5, 0.6) is 0 Å². The lowest BCUT2D eigenvalue weighted by Crippen LogP contribution is -2.07. The van der Waals surface area contributed by atoms with Crippen LogP contribution in [-0.4, -0.2) is 15.6 Å². The molecular formula is C14H17N3O. The molecule has 0 amide bonds. The van der Waals surface area contributed by atoms with Crippen molar-refractivity contribution in [2.45, 2.75) is 26.8 Å². The third-order valence-corrected chi connectivity index (χ3v) is 2.88. The highest BCUT2D eigenvalue weighted by molar-refractivity contribution is 6.02. The molecular weight excluding hydrogens is 226 g/mol. The number of aryl methyl sites for hydroxylation is 2. The molecule has 4 nitrogen and oxygen atoms in total. The Labute approximate surface area is 106 Å². The summed E-state index contributed by atoms with van der Waals surface area (Å²) in [5, 5.41) is 4.15. The van der Waals surface area contributed by atoms with E-state index in [4.69, 9.17) is 5.73 Å². The zero-order valence-corrected chi connectivity index (χ0v) is 10.7. The third-order valence-electron chi connectivity index (χ3n) is 2.88. The largest absolute Gasteiger partial charge is 0.398 e. The van der Waals surface area contributed by atoms with E-state index in [-0.39, 0.29) is 5.78 Å². The van der Waals surface area contributed by atoms with Crippen molar-refractivity contribution in [1.82, 2.24) is 9.78 Å². The number of carbonyl (C=O) groups excluding carboxylic acids is 1. The number of anilines is 1. The minimum atomic E-state index is 0.0341. The van der Waals surface area contributed by atoms with Crippen LogP contribution in [0.2, 0.25) is 0 Å². The van der Waals surface area contributed by atoms with Gasteiger partial charge in [0, 0.05) is 30.4 Å². The summed E-state index contributed by atoms with van der Waals surface area (Å²) in [6, 6.07) is 5.52. The molecule has 0 aliphatic heterocycles. The Morgan fingerprint density at radius 1 is 1.44 bits per heavy atom. The van der Waals surface area contributed by atoms with Crippen molar-refractivity contribution < 1.29 is 4.79 Å². The molecule has 0 bridgehead atoms. The van der Waals surface area contributed by atoms with Crippen LogP contribution in [-0.2, 0) is 13.0 Å². The van der Waals surface area contributed by atoms with E-state index < -0.39 is 0 Å². The minimum absolute atomic E-state index is 0.0341. The van der Waals surface area contributed by atoms with Crippen LogP contribution in [0.4, 0.5) is 5.69 Å². The molecule has 1 aromatic heterocycles. The molecule has 0 radical (unpaired) electrons. The Morgan fingerprint density at radius 2 is 2.22 bits per heavy atom. The summed E-state index contributed by atoms with van der Waals surface area (Å²) in [6.07, 6.45) is 3.96. The number of nitrogens with two attached hydrogens (primary N) is 1. The fourth-order valence-corrected chi connectivity index (χ4v) is 1.86. The molecule has 0 aliphatic rings. The standard InChI is InChI=1S/C14H17N3O/c1-3-17-9-11(8-16-17)7-14(18)12-6-10(2)4-5-13(12)15/h4-6,8-9H,3,7,15H2,1-2H3. The number of Topliss-reactive ketones (excluding diaryl/α,β-unsaturated/α-hetero) is 1. The molecule has 18 heavy (non-hydrogen) atoms. The normalized spacial score (nSPS) is 10.6. The molecule has 2 N–H and O–H groups in total. The van der Waals surface area contributed by atoms with E-state index in [0.29, 0.717) is 17.7 Å². The second-order valence-corrected chi connectivity index (χ2v) is 4.39. The summed E-state index contributed by atoms with van der Waals surface area (Å²) in [5.41, 5.74) is 8.92. The highest BCUT2D eigenvalue weighted by Gasteiger charge is 2.11. The SMILES string of the molecule is CCn1cc(CC(=O)c2cc(C)ccc2N)cn1. The highest BCUT2D eigenvalue weighted by atomic mass is 16.1. The average molecular weight is 243 g/mol. The van der Waals surface area contributed by atoms with Crippen molar-refractivity contribution in [3.63, 3.8) is 0 Å². The van der Waals surface area contributed by atoms with Gasteiger partial charge in [-0.25, -0.2) is 0 Å². The Hall–Kier alpha value is -2.10. The van der Waals surface area contributed by atoms with E-state index in [1.807, 2.05) is 36.9 Å². The van der Waals surface area contributed by atoms with E-state index in [1.54, 1.807) is 12.3 Å². The summed E-state index contributed by atoms with van der Waals surface area (Å²) >= 11 is 0. The summed E-state index contributed by atoms with van der Waals surface area (Å²) in [7, 11) is 0. The van der Waals surface area contributed by atoms with Crippen LogP contribution in [0.3, 0.4) is 0 Å². The fraction of sp³-hybridized carbons (Fsp3) is 0.286. The molecule has 1 aromatic carbocycles. The van der Waals surface area contributed by atoms with Gasteiger partial charge in [-0.15, -0.1) is 0 Å². The summed E-state index contributed by atoms with van der Waals surface area (Å²) in [4.78, 5) is 12.2. The maximum Gasteiger partial charge on any atom is 0.169 e. The first-order chi connectivity index (χ1) is 8.60. The molecule has 0 aliphatic carbocycles. The van der Waals surface area contributed by atoms with E-state index in [2.05, 4.69) is 5.10 Å². The highest BCUT2D eigenvalue weighted by Crippen LogP contribution is 2.16. The van der Waals surface area contributed by atoms with Gasteiger partial charge in [0.25, 0.3) is 0 Å². The Bertz CT molecular complexity index is 572. The molecule has 0 saturated heterocycles. The number of ketones is 1. The maximum absolute atomic E-state index is 12.2. The van der Waals surface area contributed by atoms with Gasteiger partial charge in [0.15, 0.2) is 5.78 Å². The first kappa shape index (κ1) is 12.4. The molecule has 0 saturated carbocycles. The van der Waals surface area contributed by atoms with Crippen molar-refractivity contribution in [3.8, 4) is 0 Å². The maximum atomic E-state index is 12.2. The predicted octanol–water partition coefficient (Wildman–Crippen LogP) is 2.22. The first-order valence-corrected chi connectivity index (χ1v) is 6.01. The van der Waals surface area contributed by atoms with E-state index in [0.717, 1.165) is 17.7 Å². The van der Waals surface area contributed by atoms with Gasteiger partial charge in [-0.1, -0.05) is 11.6 Å². The lowest BCUT2D eigenvalue weighted by molar-refractivity contribution is 0.0993. The van der Waals surface area contributed by atoms with E-state index >= 15 is 0 Å². The predicted molar refractivity (Wildman–Crippen MR) is 71.5 cm³/mol. The van der Waals surface area contributed by atoms with Crippen LogP contribution in [0, 0.1) is 6.92 Å². The van der Waals surface area contributed by atoms with Crippen LogP contribution in [0.25, 0.3) is 0 Å². The number of benzene rings is 1. The average Bonchev–Trinajstić information content (AvgIpc) is 2.80. The van der Waals surface area contributed by atoms with E-state index in [1.165, 1.54) is 0 Å². The van der Waals surface area contributed by atoms with Crippen LogP contribution >= 0.6 is 0 Å². The molecule has 0 spiro atoms. The van der Waals surface area contributed by atoms with Crippen LogP contribution in [0.15, 0.2) is 30.6 Å². The zero-order chi connectivity index (χ0) is 13.1. The molecule has 2 rings (SSSR count). The summed E-state index contributed by atoms with van der Waals surface area (Å²) in [5.74, 6) is 0.0341. The Kier molecular flexibility index (Phi) is 3.46. The van der Waals surface area contributed by atoms with Crippen molar-refractivity contribution >= 4 is 11.5 Å². The zero-order valence-electron chi connectivity index (χ0n) is 10.7. The van der Waals surface area contributed by atoms with Crippen molar-refractivity contribution in [3.05, 3.63) is 47.3 Å². The number of carbonyl (C=O) groups is 1. The fourth-order valence-electron chi connectivity index (χ4n) is 1.86. The lowest BCUT2D eigenvalue weighted by Gasteiger charge is -2.05. The minimum Gasteiger partial charge on any atom is -0.398 e. The lowest BCUT2D eigenvalue weighted by atomic mass is 10.0. The Balaban J connectivity index is 2.19. The van der Waals surface area contributed by atoms with Gasteiger partial charge in [0.2, 0.25) is 0 Å². The quantitative estimate of drug-likeness (QED) is 0.661. The molecule has 1 heterocycles. The first-order valence-electron chi connectivity index (χ1n) is 6.01. The molecule has 0 unspecified atom stereocenters. The number of aromatic nitrogens is 2. The molecule has 94 valence electrons. The van der Waals surface area contributed by atoms with Gasteiger partial charge in [0.05, 0.1) is 6.20 Å². The summed E-state index contributed by atoms with van der Waals surface area (Å²) < 4.78 is 1.81. The molecule has 2 aromatic rings. The van der Waals surface area contributed by atoms with Gasteiger partial charge in [-0.2, -0.15) is 5.10 Å². The summed E-state index contributed by atoms with van der Waals surface area (Å²) in [6.45, 7) is 4.77. The molecule has 0 fully saturated rings. The second kappa shape index (κ2) is 5.04. The number of nitrogen functional groups attached to an aromatic ring is 1. The van der Waals surface area contributed by atoms with Gasteiger partial charge in [-0.3, -0.25) is 9.48 Å². The number of nitrogens with zero attached hydrogens (tertiary/aromatic N) is 2. The van der Waals surface area contributed by atoms with Crippen LogP contribution in [0.1, 0.15) is 28.4 Å². The van der Waals surface area contributed by atoms with Gasteiger partial charge in [-0.05, 0) is 31.5 Å². The number of hydrogen-bond acceptors (Lipinski definition) is 3. The van der Waals surface area contributed by atoms with Gasteiger partial charge in [0.1, 0.15) is 0 Å². The van der Waals surface area contributed by atoms with Gasteiger partial charge < -0.3 is 5.73 Å². The third kappa shape index (κ3) is 2.59. The van der Waals surface area contributed by atoms with Crippen molar-refractivity contribution in [2.75, 3.05) is 5.73 Å². The smallest absolute Gasteiger partial charge is 0.169 e. The monoisotopic (exact) mass is 243 g/mol. The molecule has 4 heteroatoms. The van der Waals surface area contributed by atoms with Gasteiger partial charge >= 0.3 is 0 Å². The van der Waals surface area contributed by atoms with Crippen molar-refractivity contribution in [2.24, 2.45) is 0 Å². The van der Waals surface area contributed by atoms with E-state index in [9.17, 15) is 4.79 Å². The Morgan fingerprint density at radius 3 is 2.89 bits per heavy atom. The van der Waals surface area contributed by atoms with Crippen LogP contribution < -0.4 is 5.73 Å². The van der Waals surface area contributed by atoms with Crippen molar-refractivity contribution in [1.29, 1.82) is 0 Å². The molecule has 0 atom stereocenters. The number of rotatable bonds is 4.